The standard InChI is InChI=1S/C12H15N3O2/c13-12-9-4-6-15(10(9)3-5-14-12)11-2-1-8(7-16)17-11/h3-6,8,11,16H,1-2,7H2,(H2,13,14). The average Bonchev–Trinajstić information content (AvgIpc) is 2.94. The van der Waals surface area contributed by atoms with E-state index >= 15 is 0 Å². The lowest BCUT2D eigenvalue weighted by Gasteiger charge is -2.15. The molecule has 1 aliphatic heterocycles. The molecule has 90 valence electrons. The molecule has 2 aromatic heterocycles. The van der Waals surface area contributed by atoms with Crippen molar-refractivity contribution in [1.29, 1.82) is 0 Å². The second kappa shape index (κ2) is 4.01. The highest BCUT2D eigenvalue weighted by Gasteiger charge is 2.26. The molecule has 2 atom stereocenters. The van der Waals surface area contributed by atoms with Crippen LogP contribution < -0.4 is 5.73 Å². The first-order chi connectivity index (χ1) is 8.29. The molecule has 1 saturated heterocycles. The van der Waals surface area contributed by atoms with Gasteiger partial charge in [-0.05, 0) is 25.0 Å². The van der Waals surface area contributed by atoms with E-state index in [-0.39, 0.29) is 18.9 Å². The number of aliphatic hydroxyl groups is 1. The van der Waals surface area contributed by atoms with Crippen molar-refractivity contribution in [3.63, 3.8) is 0 Å². The first-order valence-electron chi connectivity index (χ1n) is 5.77. The Labute approximate surface area is 98.8 Å². The Balaban J connectivity index is 1.99. The van der Waals surface area contributed by atoms with E-state index in [1.54, 1.807) is 6.20 Å². The molecule has 0 radical (unpaired) electrons. The number of hydrogen-bond donors (Lipinski definition) is 2. The summed E-state index contributed by atoms with van der Waals surface area (Å²) >= 11 is 0. The summed E-state index contributed by atoms with van der Waals surface area (Å²) in [7, 11) is 0. The molecule has 1 fully saturated rings. The maximum atomic E-state index is 9.07. The van der Waals surface area contributed by atoms with Crippen LogP contribution in [0, 0.1) is 0 Å². The third kappa shape index (κ3) is 1.67. The summed E-state index contributed by atoms with van der Waals surface area (Å²) < 4.78 is 7.81. The lowest BCUT2D eigenvalue weighted by Crippen LogP contribution is -2.13. The van der Waals surface area contributed by atoms with E-state index in [9.17, 15) is 0 Å². The molecule has 0 aliphatic carbocycles. The van der Waals surface area contributed by atoms with Gasteiger partial charge in [0.05, 0.1) is 18.2 Å². The van der Waals surface area contributed by atoms with Crippen LogP contribution in [0.2, 0.25) is 0 Å². The topological polar surface area (TPSA) is 73.3 Å². The van der Waals surface area contributed by atoms with E-state index in [1.807, 2.05) is 18.3 Å². The third-order valence-corrected chi connectivity index (χ3v) is 3.28. The predicted octanol–water partition coefficient (Wildman–Crippen LogP) is 1.29. The van der Waals surface area contributed by atoms with Gasteiger partial charge in [-0.3, -0.25) is 0 Å². The van der Waals surface area contributed by atoms with Gasteiger partial charge in [0.1, 0.15) is 12.0 Å². The molecule has 0 bridgehead atoms. The van der Waals surface area contributed by atoms with E-state index in [4.69, 9.17) is 15.6 Å². The second-order valence-corrected chi connectivity index (χ2v) is 4.32. The Morgan fingerprint density at radius 1 is 1.47 bits per heavy atom. The highest BCUT2D eigenvalue weighted by Crippen LogP contribution is 2.32. The minimum Gasteiger partial charge on any atom is -0.394 e. The molecule has 2 aromatic rings. The van der Waals surface area contributed by atoms with Crippen molar-refractivity contribution in [3.8, 4) is 0 Å². The number of fused-ring (bicyclic) bond motifs is 1. The molecule has 3 heterocycles. The fraction of sp³-hybridized carbons (Fsp3) is 0.417. The van der Waals surface area contributed by atoms with Gasteiger partial charge in [-0.15, -0.1) is 0 Å². The van der Waals surface area contributed by atoms with Crippen LogP contribution in [0.4, 0.5) is 5.82 Å². The van der Waals surface area contributed by atoms with Crippen LogP contribution in [0.25, 0.3) is 10.9 Å². The van der Waals surface area contributed by atoms with Crippen molar-refractivity contribution in [1.82, 2.24) is 9.55 Å². The summed E-state index contributed by atoms with van der Waals surface area (Å²) in [6.45, 7) is 0.0827. The second-order valence-electron chi connectivity index (χ2n) is 4.32. The van der Waals surface area contributed by atoms with E-state index in [2.05, 4.69) is 9.55 Å². The molecule has 0 amide bonds. The fourth-order valence-electron chi connectivity index (χ4n) is 2.39. The first kappa shape index (κ1) is 10.6. The number of aromatic nitrogens is 2. The number of hydrogen-bond acceptors (Lipinski definition) is 4. The zero-order valence-corrected chi connectivity index (χ0v) is 9.41. The van der Waals surface area contributed by atoms with E-state index < -0.39 is 0 Å². The van der Waals surface area contributed by atoms with Crippen LogP contribution in [-0.4, -0.2) is 27.4 Å². The highest BCUT2D eigenvalue weighted by molar-refractivity contribution is 5.89. The van der Waals surface area contributed by atoms with Crippen molar-refractivity contribution < 1.29 is 9.84 Å². The molecule has 0 aromatic carbocycles. The summed E-state index contributed by atoms with van der Waals surface area (Å²) in [5.74, 6) is 0.540. The number of nitrogens with two attached hydrogens (primary N) is 1. The summed E-state index contributed by atoms with van der Waals surface area (Å²) in [6, 6.07) is 3.88. The Bertz CT molecular complexity index is 538. The smallest absolute Gasteiger partial charge is 0.134 e. The summed E-state index contributed by atoms with van der Waals surface area (Å²) in [5.41, 5.74) is 6.85. The normalized spacial score (nSPS) is 24.5. The van der Waals surface area contributed by atoms with Crippen molar-refractivity contribution in [3.05, 3.63) is 24.5 Å². The molecule has 0 spiro atoms. The van der Waals surface area contributed by atoms with Gasteiger partial charge < -0.3 is 20.1 Å². The van der Waals surface area contributed by atoms with Crippen LogP contribution >= 0.6 is 0 Å². The van der Waals surface area contributed by atoms with Crippen LogP contribution in [0.15, 0.2) is 24.5 Å². The van der Waals surface area contributed by atoms with Gasteiger partial charge in [0.15, 0.2) is 0 Å². The third-order valence-electron chi connectivity index (χ3n) is 3.28. The van der Waals surface area contributed by atoms with Crippen LogP contribution in [-0.2, 0) is 4.74 Å². The number of rotatable bonds is 2. The van der Waals surface area contributed by atoms with Crippen molar-refractivity contribution in [2.24, 2.45) is 0 Å². The van der Waals surface area contributed by atoms with E-state index in [0.29, 0.717) is 5.82 Å². The minimum absolute atomic E-state index is 0.00792. The quantitative estimate of drug-likeness (QED) is 0.819. The maximum absolute atomic E-state index is 9.07. The van der Waals surface area contributed by atoms with Crippen molar-refractivity contribution in [2.75, 3.05) is 12.3 Å². The monoisotopic (exact) mass is 233 g/mol. The van der Waals surface area contributed by atoms with Gasteiger partial charge in [-0.25, -0.2) is 4.98 Å². The average molecular weight is 233 g/mol. The molecule has 1 aliphatic rings. The number of aliphatic hydroxyl groups excluding tert-OH is 1. The SMILES string of the molecule is Nc1nccc2c1ccn2C1CCC(CO)O1. The molecule has 3 rings (SSSR count). The van der Waals surface area contributed by atoms with Gasteiger partial charge in [-0.2, -0.15) is 0 Å². The van der Waals surface area contributed by atoms with Gasteiger partial charge in [-0.1, -0.05) is 0 Å². The largest absolute Gasteiger partial charge is 0.394 e. The first-order valence-corrected chi connectivity index (χ1v) is 5.77. The minimum atomic E-state index is -0.0448. The zero-order chi connectivity index (χ0) is 11.8. The van der Waals surface area contributed by atoms with Crippen LogP contribution in [0.1, 0.15) is 19.1 Å². The van der Waals surface area contributed by atoms with Gasteiger partial charge in [0.2, 0.25) is 0 Å². The molecule has 5 heteroatoms. The summed E-state index contributed by atoms with van der Waals surface area (Å²) in [6.07, 6.45) is 5.42. The number of nitrogen functional groups attached to an aromatic ring is 1. The highest BCUT2D eigenvalue weighted by atomic mass is 16.5. The Morgan fingerprint density at radius 2 is 2.35 bits per heavy atom. The molecule has 3 N–H and O–H groups in total. The van der Waals surface area contributed by atoms with Crippen molar-refractivity contribution in [2.45, 2.75) is 25.2 Å². The van der Waals surface area contributed by atoms with Gasteiger partial charge in [0, 0.05) is 17.8 Å². The molecule has 2 unspecified atom stereocenters. The zero-order valence-electron chi connectivity index (χ0n) is 9.41. The maximum Gasteiger partial charge on any atom is 0.134 e. The van der Waals surface area contributed by atoms with Crippen LogP contribution in [0.3, 0.4) is 0 Å². The van der Waals surface area contributed by atoms with Gasteiger partial charge in [0.25, 0.3) is 0 Å². The number of nitrogens with zero attached hydrogens (tertiary/aromatic N) is 2. The summed E-state index contributed by atoms with van der Waals surface area (Å²) in [4.78, 5) is 4.06. The molecule has 5 nitrogen and oxygen atoms in total. The Hall–Kier alpha value is -1.59. The molecular formula is C12H15N3O2. The lowest BCUT2D eigenvalue weighted by molar-refractivity contribution is -0.0202. The summed E-state index contributed by atoms with van der Waals surface area (Å²) in [5, 5.41) is 10.0. The molecule has 17 heavy (non-hydrogen) atoms. The molecular weight excluding hydrogens is 218 g/mol. The number of ether oxygens (including phenoxy) is 1. The molecule has 0 saturated carbocycles. The van der Waals surface area contributed by atoms with Crippen molar-refractivity contribution >= 4 is 16.7 Å². The predicted molar refractivity (Wildman–Crippen MR) is 64.4 cm³/mol. The van der Waals surface area contributed by atoms with E-state index in [0.717, 1.165) is 23.7 Å². The number of pyridine rings is 1. The van der Waals surface area contributed by atoms with Crippen LogP contribution in [0.5, 0.6) is 0 Å². The van der Waals surface area contributed by atoms with E-state index in [1.165, 1.54) is 0 Å². The lowest BCUT2D eigenvalue weighted by atomic mass is 10.2. The Kier molecular flexibility index (Phi) is 2.49. The Morgan fingerprint density at radius 3 is 3.12 bits per heavy atom. The fourth-order valence-corrected chi connectivity index (χ4v) is 2.39. The number of anilines is 1. The van der Waals surface area contributed by atoms with Gasteiger partial charge >= 0.3 is 0 Å².